The van der Waals surface area contributed by atoms with Gasteiger partial charge in [0.25, 0.3) is 5.91 Å². The van der Waals surface area contributed by atoms with Gasteiger partial charge in [-0.2, -0.15) is 0 Å². The number of hydrogen-bond acceptors (Lipinski definition) is 3. The summed E-state index contributed by atoms with van der Waals surface area (Å²) in [5.41, 5.74) is 2.88. The van der Waals surface area contributed by atoms with Crippen molar-refractivity contribution in [3.63, 3.8) is 0 Å². The Morgan fingerprint density at radius 2 is 1.65 bits per heavy atom. The fourth-order valence-electron chi connectivity index (χ4n) is 2.97. The molecule has 4 nitrogen and oxygen atoms in total. The van der Waals surface area contributed by atoms with Crippen LogP contribution in [0.2, 0.25) is 0 Å². The van der Waals surface area contributed by atoms with Crippen molar-refractivity contribution < 1.29 is 14.3 Å². The van der Waals surface area contributed by atoms with Crippen LogP contribution in [0.5, 0.6) is 0 Å². The van der Waals surface area contributed by atoms with E-state index in [2.05, 4.69) is 12.1 Å². The van der Waals surface area contributed by atoms with Gasteiger partial charge in [0, 0.05) is 18.7 Å². The molecule has 1 amide bonds. The van der Waals surface area contributed by atoms with Crippen LogP contribution in [-0.2, 0) is 9.53 Å². The third-order valence-corrected chi connectivity index (χ3v) is 4.59. The molecule has 26 heavy (non-hydrogen) atoms. The molecule has 3 rings (SSSR count). The Bertz CT molecular complexity index is 736. The lowest BCUT2D eigenvalue weighted by Crippen LogP contribution is -2.35. The highest BCUT2D eigenvalue weighted by molar-refractivity contribution is 5.95. The molecule has 136 valence electrons. The van der Waals surface area contributed by atoms with E-state index in [4.69, 9.17) is 4.74 Å². The van der Waals surface area contributed by atoms with E-state index >= 15 is 0 Å². The van der Waals surface area contributed by atoms with Gasteiger partial charge in [-0.25, -0.2) is 0 Å². The van der Waals surface area contributed by atoms with Gasteiger partial charge in [0.15, 0.2) is 0 Å². The number of rotatable bonds is 8. The van der Waals surface area contributed by atoms with Gasteiger partial charge in [-0.05, 0) is 48.9 Å². The molecule has 1 aliphatic rings. The van der Waals surface area contributed by atoms with E-state index < -0.39 is 0 Å². The molecular weight excluding hydrogens is 326 g/mol. The van der Waals surface area contributed by atoms with Crippen molar-refractivity contribution in [3.8, 4) is 11.1 Å². The van der Waals surface area contributed by atoms with Crippen LogP contribution in [0.1, 0.15) is 36.5 Å². The minimum atomic E-state index is -0.250. The molecule has 0 heterocycles. The van der Waals surface area contributed by atoms with Gasteiger partial charge in [0.05, 0.1) is 13.0 Å². The van der Waals surface area contributed by atoms with E-state index in [0.717, 1.165) is 30.5 Å². The van der Waals surface area contributed by atoms with Crippen molar-refractivity contribution in [1.29, 1.82) is 0 Å². The Kier molecular flexibility index (Phi) is 6.05. The molecular formula is C22H25NO3. The summed E-state index contributed by atoms with van der Waals surface area (Å²) in [6, 6.07) is 17.8. The number of amides is 1. The third kappa shape index (κ3) is 4.94. The average Bonchev–Trinajstić information content (AvgIpc) is 3.50. The van der Waals surface area contributed by atoms with Crippen molar-refractivity contribution in [2.75, 3.05) is 19.7 Å². The van der Waals surface area contributed by atoms with E-state index in [1.165, 1.54) is 0 Å². The quantitative estimate of drug-likeness (QED) is 0.671. The molecule has 1 aliphatic carbocycles. The maximum atomic E-state index is 12.9. The van der Waals surface area contributed by atoms with Crippen LogP contribution in [0.15, 0.2) is 54.6 Å². The topological polar surface area (TPSA) is 46.6 Å². The SMILES string of the molecule is CCOC(=O)CCN(CC1CC1)C(=O)c1ccc(-c2ccccc2)cc1. The predicted molar refractivity (Wildman–Crippen MR) is 102 cm³/mol. The molecule has 1 saturated carbocycles. The minimum absolute atomic E-state index is 0.0131. The van der Waals surface area contributed by atoms with Crippen LogP contribution in [-0.4, -0.2) is 36.5 Å². The standard InChI is InChI=1S/C22H25NO3/c1-2-26-21(24)14-15-23(16-17-8-9-17)22(25)20-12-10-19(11-13-20)18-6-4-3-5-7-18/h3-7,10-13,17H,2,8-9,14-16H2,1H3. The highest BCUT2D eigenvalue weighted by Crippen LogP contribution is 2.30. The Morgan fingerprint density at radius 3 is 2.27 bits per heavy atom. The van der Waals surface area contributed by atoms with Crippen molar-refractivity contribution in [2.24, 2.45) is 5.92 Å². The number of esters is 1. The van der Waals surface area contributed by atoms with Gasteiger partial charge in [-0.3, -0.25) is 9.59 Å². The molecule has 0 radical (unpaired) electrons. The zero-order chi connectivity index (χ0) is 18.4. The molecule has 0 saturated heterocycles. The second kappa shape index (κ2) is 8.65. The summed E-state index contributed by atoms with van der Waals surface area (Å²) in [7, 11) is 0. The van der Waals surface area contributed by atoms with Crippen molar-refractivity contribution in [3.05, 3.63) is 60.2 Å². The van der Waals surface area contributed by atoms with E-state index in [9.17, 15) is 9.59 Å². The number of benzene rings is 2. The highest BCUT2D eigenvalue weighted by Gasteiger charge is 2.27. The predicted octanol–water partition coefficient (Wildman–Crippen LogP) is 4.16. The van der Waals surface area contributed by atoms with Crippen molar-refractivity contribution in [2.45, 2.75) is 26.2 Å². The largest absolute Gasteiger partial charge is 0.466 e. The Hall–Kier alpha value is -2.62. The molecule has 4 heteroatoms. The number of nitrogens with zero attached hydrogens (tertiary/aromatic N) is 1. The highest BCUT2D eigenvalue weighted by atomic mass is 16.5. The van der Waals surface area contributed by atoms with Gasteiger partial charge in [-0.15, -0.1) is 0 Å². The normalized spacial score (nSPS) is 13.3. The lowest BCUT2D eigenvalue weighted by Gasteiger charge is -2.22. The second-order valence-corrected chi connectivity index (χ2v) is 6.69. The fourth-order valence-corrected chi connectivity index (χ4v) is 2.97. The molecule has 0 bridgehead atoms. The summed E-state index contributed by atoms with van der Waals surface area (Å²) in [6.45, 7) is 3.29. The Balaban J connectivity index is 1.68. The summed E-state index contributed by atoms with van der Waals surface area (Å²) < 4.78 is 4.99. The summed E-state index contributed by atoms with van der Waals surface area (Å²) in [6.07, 6.45) is 2.57. The van der Waals surface area contributed by atoms with E-state index in [1.54, 1.807) is 11.8 Å². The third-order valence-electron chi connectivity index (χ3n) is 4.59. The zero-order valence-electron chi connectivity index (χ0n) is 15.2. The molecule has 0 aliphatic heterocycles. The Labute approximate surface area is 154 Å². The van der Waals surface area contributed by atoms with E-state index in [-0.39, 0.29) is 18.3 Å². The molecule has 2 aromatic rings. The van der Waals surface area contributed by atoms with Crippen LogP contribution < -0.4 is 0 Å². The van der Waals surface area contributed by atoms with Crippen molar-refractivity contribution >= 4 is 11.9 Å². The molecule has 0 spiro atoms. The van der Waals surface area contributed by atoms with E-state index in [0.29, 0.717) is 24.6 Å². The van der Waals surface area contributed by atoms with Crippen LogP contribution in [0.3, 0.4) is 0 Å². The Morgan fingerprint density at radius 1 is 1.00 bits per heavy atom. The first-order chi connectivity index (χ1) is 12.7. The van der Waals surface area contributed by atoms with Gasteiger partial charge < -0.3 is 9.64 Å². The van der Waals surface area contributed by atoms with Gasteiger partial charge in [0.1, 0.15) is 0 Å². The summed E-state index contributed by atoms with van der Waals surface area (Å²) in [5, 5.41) is 0. The smallest absolute Gasteiger partial charge is 0.307 e. The minimum Gasteiger partial charge on any atom is -0.466 e. The monoisotopic (exact) mass is 351 g/mol. The molecule has 0 aromatic heterocycles. The molecule has 0 N–H and O–H groups in total. The second-order valence-electron chi connectivity index (χ2n) is 6.69. The molecule has 1 fully saturated rings. The van der Waals surface area contributed by atoms with Crippen molar-refractivity contribution in [1.82, 2.24) is 4.90 Å². The van der Waals surface area contributed by atoms with Crippen LogP contribution >= 0.6 is 0 Å². The summed E-state index contributed by atoms with van der Waals surface area (Å²) in [4.78, 5) is 26.3. The van der Waals surface area contributed by atoms with Gasteiger partial charge in [0.2, 0.25) is 0 Å². The number of carbonyl (C=O) groups is 2. The van der Waals surface area contributed by atoms with Gasteiger partial charge in [-0.1, -0.05) is 42.5 Å². The first-order valence-corrected chi connectivity index (χ1v) is 9.27. The number of ether oxygens (including phenoxy) is 1. The van der Waals surface area contributed by atoms with Crippen LogP contribution in [0.25, 0.3) is 11.1 Å². The van der Waals surface area contributed by atoms with E-state index in [1.807, 2.05) is 42.5 Å². The maximum absolute atomic E-state index is 12.9. The zero-order valence-corrected chi connectivity index (χ0v) is 15.2. The average molecular weight is 351 g/mol. The fraction of sp³-hybridized carbons (Fsp3) is 0.364. The first-order valence-electron chi connectivity index (χ1n) is 9.27. The lowest BCUT2D eigenvalue weighted by molar-refractivity contribution is -0.143. The lowest BCUT2D eigenvalue weighted by atomic mass is 10.0. The van der Waals surface area contributed by atoms with Crippen LogP contribution in [0.4, 0.5) is 0 Å². The maximum Gasteiger partial charge on any atom is 0.307 e. The van der Waals surface area contributed by atoms with Gasteiger partial charge >= 0.3 is 5.97 Å². The number of carbonyl (C=O) groups excluding carboxylic acids is 2. The molecule has 0 atom stereocenters. The molecule has 2 aromatic carbocycles. The first kappa shape index (κ1) is 18.2. The molecule has 0 unspecified atom stereocenters. The van der Waals surface area contributed by atoms with Crippen LogP contribution in [0, 0.1) is 5.92 Å². The number of hydrogen-bond donors (Lipinski definition) is 0. The summed E-state index contributed by atoms with van der Waals surface area (Å²) in [5.74, 6) is 0.311. The summed E-state index contributed by atoms with van der Waals surface area (Å²) >= 11 is 0.